The fraction of sp³-hybridized carbons (Fsp3) is 0.600. The van der Waals surface area contributed by atoms with Crippen molar-refractivity contribution < 1.29 is 0 Å². The molecule has 0 aromatic heterocycles. The van der Waals surface area contributed by atoms with E-state index in [9.17, 15) is 0 Å². The fourth-order valence-electron chi connectivity index (χ4n) is 3.13. The highest BCUT2D eigenvalue weighted by atomic mass is 35.5. The Morgan fingerprint density at radius 3 is 2.71 bits per heavy atom. The SMILES string of the molecule is CCCC1(C)CCNCC1c1ccc(Cl)cc1. The Hall–Kier alpha value is -0.530. The van der Waals surface area contributed by atoms with E-state index in [4.69, 9.17) is 11.6 Å². The molecule has 0 bridgehead atoms. The Morgan fingerprint density at radius 1 is 1.35 bits per heavy atom. The Labute approximate surface area is 110 Å². The molecule has 2 rings (SSSR count). The molecule has 94 valence electrons. The molecule has 0 amide bonds. The summed E-state index contributed by atoms with van der Waals surface area (Å²) in [6.45, 7) is 6.97. The number of piperidine rings is 1. The van der Waals surface area contributed by atoms with Gasteiger partial charge in [0.25, 0.3) is 0 Å². The first kappa shape index (κ1) is 12.9. The molecule has 1 aliphatic heterocycles. The minimum Gasteiger partial charge on any atom is -0.316 e. The summed E-state index contributed by atoms with van der Waals surface area (Å²) in [4.78, 5) is 0. The molecule has 0 saturated carbocycles. The second kappa shape index (κ2) is 5.41. The third-order valence-electron chi connectivity index (χ3n) is 4.16. The number of rotatable bonds is 3. The first-order valence-corrected chi connectivity index (χ1v) is 7.00. The van der Waals surface area contributed by atoms with Crippen LogP contribution in [0, 0.1) is 5.41 Å². The molecule has 0 aliphatic carbocycles. The van der Waals surface area contributed by atoms with Gasteiger partial charge in [-0.15, -0.1) is 0 Å². The number of nitrogens with one attached hydrogen (secondary N) is 1. The van der Waals surface area contributed by atoms with Crippen LogP contribution in [-0.4, -0.2) is 13.1 Å². The smallest absolute Gasteiger partial charge is 0.0406 e. The molecular formula is C15H22ClN. The normalized spacial score (nSPS) is 29.2. The second-order valence-corrected chi connectivity index (χ2v) is 5.90. The van der Waals surface area contributed by atoms with Crippen LogP contribution in [0.5, 0.6) is 0 Å². The van der Waals surface area contributed by atoms with Crippen molar-refractivity contribution in [1.82, 2.24) is 5.32 Å². The highest BCUT2D eigenvalue weighted by molar-refractivity contribution is 6.30. The predicted octanol–water partition coefficient (Wildman–Crippen LogP) is 4.22. The van der Waals surface area contributed by atoms with Gasteiger partial charge in [0.1, 0.15) is 0 Å². The molecule has 17 heavy (non-hydrogen) atoms. The highest BCUT2D eigenvalue weighted by Gasteiger charge is 2.36. The van der Waals surface area contributed by atoms with Crippen molar-refractivity contribution in [2.45, 2.75) is 39.0 Å². The Morgan fingerprint density at radius 2 is 2.06 bits per heavy atom. The van der Waals surface area contributed by atoms with E-state index in [2.05, 4.69) is 31.3 Å². The van der Waals surface area contributed by atoms with E-state index in [0.717, 1.165) is 18.1 Å². The van der Waals surface area contributed by atoms with Gasteiger partial charge in [-0.2, -0.15) is 0 Å². The van der Waals surface area contributed by atoms with Crippen molar-refractivity contribution in [3.05, 3.63) is 34.9 Å². The van der Waals surface area contributed by atoms with E-state index < -0.39 is 0 Å². The van der Waals surface area contributed by atoms with Gasteiger partial charge in [-0.25, -0.2) is 0 Å². The lowest BCUT2D eigenvalue weighted by Gasteiger charge is -2.42. The van der Waals surface area contributed by atoms with Gasteiger partial charge in [0.2, 0.25) is 0 Å². The van der Waals surface area contributed by atoms with Gasteiger partial charge in [-0.05, 0) is 42.5 Å². The maximum absolute atomic E-state index is 5.97. The van der Waals surface area contributed by atoms with Crippen LogP contribution in [-0.2, 0) is 0 Å². The van der Waals surface area contributed by atoms with Gasteiger partial charge >= 0.3 is 0 Å². The average molecular weight is 252 g/mol. The minimum absolute atomic E-state index is 0.438. The monoisotopic (exact) mass is 251 g/mol. The third-order valence-corrected chi connectivity index (χ3v) is 4.41. The molecule has 1 fully saturated rings. The zero-order valence-corrected chi connectivity index (χ0v) is 11.6. The largest absolute Gasteiger partial charge is 0.316 e. The van der Waals surface area contributed by atoms with Gasteiger partial charge in [-0.1, -0.05) is 44.0 Å². The lowest BCUT2D eigenvalue weighted by molar-refractivity contribution is 0.171. The fourth-order valence-corrected chi connectivity index (χ4v) is 3.25. The molecule has 1 aliphatic rings. The van der Waals surface area contributed by atoms with E-state index in [0.29, 0.717) is 11.3 Å². The zero-order chi connectivity index (χ0) is 12.3. The molecule has 1 saturated heterocycles. The predicted molar refractivity (Wildman–Crippen MR) is 74.7 cm³/mol. The van der Waals surface area contributed by atoms with Gasteiger partial charge in [0.15, 0.2) is 0 Å². The molecule has 1 heterocycles. The van der Waals surface area contributed by atoms with Gasteiger partial charge in [0.05, 0.1) is 0 Å². The van der Waals surface area contributed by atoms with Crippen molar-refractivity contribution >= 4 is 11.6 Å². The van der Waals surface area contributed by atoms with Crippen LogP contribution in [0.1, 0.15) is 44.6 Å². The molecular weight excluding hydrogens is 230 g/mol. The van der Waals surface area contributed by atoms with Gasteiger partial charge in [0, 0.05) is 17.5 Å². The van der Waals surface area contributed by atoms with E-state index in [1.807, 2.05) is 12.1 Å². The lowest BCUT2D eigenvalue weighted by Crippen LogP contribution is -2.41. The summed E-state index contributed by atoms with van der Waals surface area (Å²) in [7, 11) is 0. The maximum atomic E-state index is 5.97. The molecule has 0 spiro atoms. The van der Waals surface area contributed by atoms with E-state index in [1.165, 1.54) is 24.8 Å². The van der Waals surface area contributed by atoms with Gasteiger partial charge in [-0.3, -0.25) is 0 Å². The summed E-state index contributed by atoms with van der Waals surface area (Å²) < 4.78 is 0. The summed E-state index contributed by atoms with van der Waals surface area (Å²) in [5, 5.41) is 4.36. The zero-order valence-electron chi connectivity index (χ0n) is 10.8. The molecule has 2 heteroatoms. The maximum Gasteiger partial charge on any atom is 0.0406 e. The van der Waals surface area contributed by atoms with Crippen molar-refractivity contribution in [2.24, 2.45) is 5.41 Å². The molecule has 2 unspecified atom stereocenters. The van der Waals surface area contributed by atoms with Crippen LogP contribution in [0.25, 0.3) is 0 Å². The number of benzene rings is 1. The van der Waals surface area contributed by atoms with Crippen molar-refractivity contribution in [3.63, 3.8) is 0 Å². The first-order valence-electron chi connectivity index (χ1n) is 6.62. The molecule has 0 radical (unpaired) electrons. The van der Waals surface area contributed by atoms with Crippen LogP contribution >= 0.6 is 11.6 Å². The third kappa shape index (κ3) is 2.83. The summed E-state index contributed by atoms with van der Waals surface area (Å²) >= 11 is 5.97. The average Bonchev–Trinajstić information content (AvgIpc) is 2.31. The molecule has 1 aromatic carbocycles. The molecule has 1 aromatic rings. The van der Waals surface area contributed by atoms with E-state index in [1.54, 1.807) is 0 Å². The van der Waals surface area contributed by atoms with Gasteiger partial charge < -0.3 is 5.32 Å². The number of halogens is 1. The van der Waals surface area contributed by atoms with Crippen LogP contribution in [0.15, 0.2) is 24.3 Å². The lowest BCUT2D eigenvalue weighted by atomic mass is 9.67. The van der Waals surface area contributed by atoms with Crippen molar-refractivity contribution in [3.8, 4) is 0 Å². The Kier molecular flexibility index (Phi) is 4.11. The number of hydrogen-bond donors (Lipinski definition) is 1. The second-order valence-electron chi connectivity index (χ2n) is 5.46. The molecule has 1 N–H and O–H groups in total. The summed E-state index contributed by atoms with van der Waals surface area (Å²) in [5.41, 5.74) is 1.87. The van der Waals surface area contributed by atoms with Crippen molar-refractivity contribution in [2.75, 3.05) is 13.1 Å². The highest BCUT2D eigenvalue weighted by Crippen LogP contribution is 2.44. The van der Waals surface area contributed by atoms with Crippen LogP contribution in [0.2, 0.25) is 5.02 Å². The van der Waals surface area contributed by atoms with E-state index in [-0.39, 0.29) is 0 Å². The topological polar surface area (TPSA) is 12.0 Å². The summed E-state index contributed by atoms with van der Waals surface area (Å²) in [5.74, 6) is 0.619. The van der Waals surface area contributed by atoms with Crippen molar-refractivity contribution in [1.29, 1.82) is 0 Å². The Balaban J connectivity index is 2.24. The van der Waals surface area contributed by atoms with E-state index >= 15 is 0 Å². The first-order chi connectivity index (χ1) is 8.15. The molecule has 2 atom stereocenters. The molecule has 1 nitrogen and oxygen atoms in total. The standard InChI is InChI=1S/C15H22ClN/c1-3-8-15(2)9-10-17-11-14(15)12-4-6-13(16)7-5-12/h4-7,14,17H,3,8-11H2,1-2H3. The van der Waals surface area contributed by atoms with Crippen LogP contribution in [0.4, 0.5) is 0 Å². The Bertz CT molecular complexity index is 356. The van der Waals surface area contributed by atoms with Crippen LogP contribution in [0.3, 0.4) is 0 Å². The summed E-state index contributed by atoms with van der Waals surface area (Å²) in [6, 6.07) is 8.40. The summed E-state index contributed by atoms with van der Waals surface area (Å²) in [6.07, 6.45) is 3.84. The number of hydrogen-bond acceptors (Lipinski definition) is 1. The van der Waals surface area contributed by atoms with Crippen LogP contribution < -0.4 is 5.32 Å². The minimum atomic E-state index is 0.438. The quantitative estimate of drug-likeness (QED) is 0.848.